The third-order valence-corrected chi connectivity index (χ3v) is 4.34. The van der Waals surface area contributed by atoms with Crippen LogP contribution in [0.25, 0.3) is 0 Å². The van der Waals surface area contributed by atoms with Crippen molar-refractivity contribution in [2.24, 2.45) is 4.99 Å². The van der Waals surface area contributed by atoms with Gasteiger partial charge in [-0.15, -0.1) is 24.0 Å². The Morgan fingerprint density at radius 2 is 1.74 bits per heavy atom. The minimum absolute atomic E-state index is 0. The molecule has 1 rings (SSSR count). The highest BCUT2D eigenvalue weighted by Gasteiger charge is 2.18. The topological polar surface area (TPSA) is 42.9 Å². The standard InChI is InChI=1S/C17H37N5.HI/c1-5-7-8-9-10-19-17(18-6-2)20-15-16(3)22-13-11-21(4)12-14-22;/h16H,5-15H2,1-4H3,(H2,18,19,20);1H. The minimum Gasteiger partial charge on any atom is -0.357 e. The Labute approximate surface area is 160 Å². The van der Waals surface area contributed by atoms with E-state index in [1.165, 1.54) is 38.8 Å². The molecule has 0 aromatic heterocycles. The fourth-order valence-corrected chi connectivity index (χ4v) is 2.70. The van der Waals surface area contributed by atoms with Crippen molar-refractivity contribution >= 4 is 29.9 Å². The predicted octanol–water partition coefficient (Wildman–Crippen LogP) is 2.38. The predicted molar refractivity (Wildman–Crippen MR) is 112 cm³/mol. The van der Waals surface area contributed by atoms with Crippen LogP contribution in [0.3, 0.4) is 0 Å². The normalized spacial score (nSPS) is 18.3. The van der Waals surface area contributed by atoms with Crippen molar-refractivity contribution in [1.29, 1.82) is 0 Å². The Morgan fingerprint density at radius 3 is 2.35 bits per heavy atom. The smallest absolute Gasteiger partial charge is 0.191 e. The number of guanidine groups is 1. The molecule has 5 nitrogen and oxygen atoms in total. The van der Waals surface area contributed by atoms with Crippen molar-refractivity contribution in [2.45, 2.75) is 52.5 Å². The molecule has 6 heteroatoms. The first kappa shape index (κ1) is 22.9. The zero-order chi connectivity index (χ0) is 16.2. The maximum Gasteiger partial charge on any atom is 0.191 e. The van der Waals surface area contributed by atoms with Crippen molar-refractivity contribution in [3.05, 3.63) is 0 Å². The molecular formula is C17H38IN5. The molecule has 1 atom stereocenters. The van der Waals surface area contributed by atoms with Crippen molar-refractivity contribution in [3.63, 3.8) is 0 Å². The summed E-state index contributed by atoms with van der Waals surface area (Å²) in [4.78, 5) is 9.71. The van der Waals surface area contributed by atoms with E-state index in [-0.39, 0.29) is 24.0 Å². The van der Waals surface area contributed by atoms with Gasteiger partial charge in [-0.1, -0.05) is 26.2 Å². The molecule has 1 heterocycles. The molecule has 0 bridgehead atoms. The highest BCUT2D eigenvalue weighted by Crippen LogP contribution is 2.05. The highest BCUT2D eigenvalue weighted by atomic mass is 127. The molecule has 23 heavy (non-hydrogen) atoms. The Bertz CT molecular complexity index is 303. The molecule has 0 aromatic carbocycles. The summed E-state index contributed by atoms with van der Waals surface area (Å²) in [7, 11) is 2.20. The summed E-state index contributed by atoms with van der Waals surface area (Å²) in [6.07, 6.45) is 5.15. The van der Waals surface area contributed by atoms with Gasteiger partial charge in [0.2, 0.25) is 0 Å². The summed E-state index contributed by atoms with van der Waals surface area (Å²) < 4.78 is 0. The Morgan fingerprint density at radius 1 is 1.04 bits per heavy atom. The molecule has 0 amide bonds. The quantitative estimate of drug-likeness (QED) is 0.251. The molecule has 0 aromatic rings. The first-order valence-corrected chi connectivity index (χ1v) is 9.12. The van der Waals surface area contributed by atoms with Crippen LogP contribution in [0, 0.1) is 0 Å². The van der Waals surface area contributed by atoms with E-state index in [1.54, 1.807) is 0 Å². The van der Waals surface area contributed by atoms with Crippen molar-refractivity contribution in [1.82, 2.24) is 20.4 Å². The van der Waals surface area contributed by atoms with Crippen LogP contribution in [0.5, 0.6) is 0 Å². The van der Waals surface area contributed by atoms with Gasteiger partial charge in [0.15, 0.2) is 5.96 Å². The van der Waals surface area contributed by atoms with Gasteiger partial charge < -0.3 is 15.5 Å². The summed E-state index contributed by atoms with van der Waals surface area (Å²) in [5.74, 6) is 0.972. The van der Waals surface area contributed by atoms with Gasteiger partial charge in [0.05, 0.1) is 6.54 Å². The van der Waals surface area contributed by atoms with E-state index < -0.39 is 0 Å². The van der Waals surface area contributed by atoms with Crippen LogP contribution < -0.4 is 10.6 Å². The van der Waals surface area contributed by atoms with Gasteiger partial charge in [-0.3, -0.25) is 9.89 Å². The van der Waals surface area contributed by atoms with Gasteiger partial charge in [0.25, 0.3) is 0 Å². The van der Waals surface area contributed by atoms with Gasteiger partial charge >= 0.3 is 0 Å². The fourth-order valence-electron chi connectivity index (χ4n) is 2.70. The molecule has 0 saturated carbocycles. The van der Waals surface area contributed by atoms with E-state index in [0.29, 0.717) is 6.04 Å². The first-order valence-electron chi connectivity index (χ1n) is 9.12. The number of unbranched alkanes of at least 4 members (excludes halogenated alkanes) is 3. The van der Waals surface area contributed by atoms with Gasteiger partial charge in [0, 0.05) is 45.3 Å². The van der Waals surface area contributed by atoms with Gasteiger partial charge in [-0.05, 0) is 27.3 Å². The van der Waals surface area contributed by atoms with Crippen LogP contribution in [-0.4, -0.2) is 74.7 Å². The molecule has 2 N–H and O–H groups in total. The van der Waals surface area contributed by atoms with Crippen LogP contribution in [0.4, 0.5) is 0 Å². The number of piperazine rings is 1. The average molecular weight is 439 g/mol. The molecule has 0 aliphatic carbocycles. The number of likely N-dealkylation sites (N-methyl/N-ethyl adjacent to an activating group) is 1. The lowest BCUT2D eigenvalue weighted by Gasteiger charge is -2.35. The molecule has 0 radical (unpaired) electrons. The number of hydrogen-bond donors (Lipinski definition) is 2. The third-order valence-electron chi connectivity index (χ3n) is 4.34. The first-order chi connectivity index (χ1) is 10.7. The van der Waals surface area contributed by atoms with E-state index >= 15 is 0 Å². The molecule has 1 unspecified atom stereocenters. The van der Waals surface area contributed by atoms with Gasteiger partial charge in [0.1, 0.15) is 0 Å². The van der Waals surface area contributed by atoms with Crippen LogP contribution in [-0.2, 0) is 0 Å². The second kappa shape index (κ2) is 14.3. The molecule has 0 spiro atoms. The summed E-state index contributed by atoms with van der Waals surface area (Å²) in [5, 5.41) is 6.81. The minimum atomic E-state index is 0. The van der Waals surface area contributed by atoms with Crippen LogP contribution in [0.1, 0.15) is 46.5 Å². The number of rotatable bonds is 9. The SMILES string of the molecule is CCCCCCNC(=NCC(C)N1CCN(C)CC1)NCC.I. The number of halogens is 1. The molecule has 1 fully saturated rings. The van der Waals surface area contributed by atoms with E-state index in [9.17, 15) is 0 Å². The summed E-state index contributed by atoms with van der Waals surface area (Å²) >= 11 is 0. The summed E-state index contributed by atoms with van der Waals surface area (Å²) in [6.45, 7) is 14.1. The third kappa shape index (κ3) is 10.4. The average Bonchev–Trinajstić information content (AvgIpc) is 2.52. The molecule has 1 aliphatic rings. The lowest BCUT2D eigenvalue weighted by atomic mass is 10.2. The number of aliphatic imine (C=N–C) groups is 1. The van der Waals surface area contributed by atoms with Crippen molar-refractivity contribution in [2.75, 3.05) is 52.9 Å². The van der Waals surface area contributed by atoms with E-state index in [2.05, 4.69) is 48.3 Å². The maximum absolute atomic E-state index is 4.76. The Kier molecular flexibility index (Phi) is 14.2. The van der Waals surface area contributed by atoms with Crippen LogP contribution in [0.15, 0.2) is 4.99 Å². The second-order valence-electron chi connectivity index (χ2n) is 6.40. The van der Waals surface area contributed by atoms with Crippen LogP contribution >= 0.6 is 24.0 Å². The van der Waals surface area contributed by atoms with Crippen molar-refractivity contribution < 1.29 is 0 Å². The summed E-state index contributed by atoms with van der Waals surface area (Å²) in [5.41, 5.74) is 0. The Hall–Kier alpha value is -0.0800. The lowest BCUT2D eigenvalue weighted by molar-refractivity contribution is 0.122. The lowest BCUT2D eigenvalue weighted by Crippen LogP contribution is -2.49. The largest absolute Gasteiger partial charge is 0.357 e. The maximum atomic E-state index is 4.76. The second-order valence-corrected chi connectivity index (χ2v) is 6.40. The highest BCUT2D eigenvalue weighted by molar-refractivity contribution is 14.0. The summed E-state index contributed by atoms with van der Waals surface area (Å²) in [6, 6.07) is 0.518. The number of nitrogens with one attached hydrogen (secondary N) is 2. The number of hydrogen-bond acceptors (Lipinski definition) is 3. The fraction of sp³-hybridized carbons (Fsp3) is 0.941. The molecule has 1 aliphatic heterocycles. The molecule has 138 valence electrons. The monoisotopic (exact) mass is 439 g/mol. The van der Waals surface area contributed by atoms with Crippen molar-refractivity contribution in [3.8, 4) is 0 Å². The Balaban J connectivity index is 0.00000484. The van der Waals surface area contributed by atoms with Crippen LogP contribution in [0.2, 0.25) is 0 Å². The molecule has 1 saturated heterocycles. The van der Waals surface area contributed by atoms with Gasteiger partial charge in [-0.2, -0.15) is 0 Å². The van der Waals surface area contributed by atoms with Gasteiger partial charge in [-0.25, -0.2) is 0 Å². The van der Waals surface area contributed by atoms with E-state index in [0.717, 1.165) is 38.7 Å². The van der Waals surface area contributed by atoms with E-state index in [1.807, 2.05) is 0 Å². The zero-order valence-corrected chi connectivity index (χ0v) is 17.9. The zero-order valence-electron chi connectivity index (χ0n) is 15.6. The molecular weight excluding hydrogens is 401 g/mol. The number of nitrogens with zero attached hydrogens (tertiary/aromatic N) is 3. The van der Waals surface area contributed by atoms with E-state index in [4.69, 9.17) is 4.99 Å².